The van der Waals surface area contributed by atoms with E-state index in [1.807, 2.05) is 37.3 Å². The van der Waals surface area contributed by atoms with Crippen molar-refractivity contribution < 1.29 is 9.32 Å². The molecule has 0 bridgehead atoms. The maximum absolute atomic E-state index is 12.1. The quantitative estimate of drug-likeness (QED) is 0.460. The molecule has 1 heterocycles. The van der Waals surface area contributed by atoms with Crippen molar-refractivity contribution in [1.29, 1.82) is 0 Å². The lowest BCUT2D eigenvalue weighted by Gasteiger charge is -2.13. The monoisotopic (exact) mass is 413 g/mol. The highest BCUT2D eigenvalue weighted by Gasteiger charge is 2.13. The van der Waals surface area contributed by atoms with E-state index in [2.05, 4.69) is 34.6 Å². The SMILES string of the molecule is CCNC(=NCc1cc(C(CC)CC)no1)NCCc1cccc(C(=O)N(C)C)c1. The highest BCUT2D eigenvalue weighted by atomic mass is 16.5. The molecular weight excluding hydrogens is 378 g/mol. The number of rotatable bonds is 10. The number of guanidine groups is 1. The molecule has 0 aliphatic rings. The van der Waals surface area contributed by atoms with Crippen LogP contribution in [0.5, 0.6) is 0 Å². The molecule has 0 saturated heterocycles. The molecule has 164 valence electrons. The molecule has 0 unspecified atom stereocenters. The molecule has 2 rings (SSSR count). The predicted molar refractivity (Wildman–Crippen MR) is 121 cm³/mol. The number of nitrogens with zero attached hydrogens (tertiary/aromatic N) is 3. The first-order chi connectivity index (χ1) is 14.5. The first-order valence-corrected chi connectivity index (χ1v) is 10.8. The van der Waals surface area contributed by atoms with E-state index in [4.69, 9.17) is 4.52 Å². The second-order valence-electron chi connectivity index (χ2n) is 7.50. The van der Waals surface area contributed by atoms with Crippen LogP contribution in [-0.2, 0) is 13.0 Å². The number of nitrogens with one attached hydrogen (secondary N) is 2. The van der Waals surface area contributed by atoms with Crippen LogP contribution in [0.1, 0.15) is 66.9 Å². The van der Waals surface area contributed by atoms with Gasteiger partial charge in [-0.3, -0.25) is 4.79 Å². The fourth-order valence-electron chi connectivity index (χ4n) is 3.24. The summed E-state index contributed by atoms with van der Waals surface area (Å²) < 4.78 is 5.46. The Morgan fingerprint density at radius 1 is 1.17 bits per heavy atom. The summed E-state index contributed by atoms with van der Waals surface area (Å²) in [6.07, 6.45) is 2.90. The van der Waals surface area contributed by atoms with E-state index in [1.165, 1.54) is 0 Å². The third-order valence-electron chi connectivity index (χ3n) is 5.00. The van der Waals surface area contributed by atoms with Gasteiger partial charge in [-0.15, -0.1) is 0 Å². The molecule has 7 heteroatoms. The first-order valence-electron chi connectivity index (χ1n) is 10.8. The van der Waals surface area contributed by atoms with Crippen molar-refractivity contribution in [2.45, 2.75) is 52.5 Å². The van der Waals surface area contributed by atoms with Gasteiger partial charge >= 0.3 is 0 Å². The first kappa shape index (κ1) is 23.4. The number of carbonyl (C=O) groups is 1. The van der Waals surface area contributed by atoms with Crippen LogP contribution in [-0.4, -0.2) is 49.1 Å². The summed E-state index contributed by atoms with van der Waals surface area (Å²) in [4.78, 5) is 18.3. The maximum atomic E-state index is 12.1. The fourth-order valence-corrected chi connectivity index (χ4v) is 3.24. The van der Waals surface area contributed by atoms with E-state index in [1.54, 1.807) is 19.0 Å². The van der Waals surface area contributed by atoms with Gasteiger partial charge in [0.25, 0.3) is 5.91 Å². The number of aromatic nitrogens is 1. The summed E-state index contributed by atoms with van der Waals surface area (Å²) >= 11 is 0. The van der Waals surface area contributed by atoms with Gasteiger partial charge in [-0.1, -0.05) is 31.1 Å². The molecule has 1 aromatic heterocycles. The summed E-state index contributed by atoms with van der Waals surface area (Å²) in [6, 6.07) is 9.76. The summed E-state index contributed by atoms with van der Waals surface area (Å²) in [5.41, 5.74) is 2.82. The second-order valence-corrected chi connectivity index (χ2v) is 7.50. The van der Waals surface area contributed by atoms with Crippen molar-refractivity contribution >= 4 is 11.9 Å². The molecule has 0 radical (unpaired) electrons. The number of amides is 1. The Labute approximate surface area is 179 Å². The molecule has 2 aromatic rings. The van der Waals surface area contributed by atoms with Crippen LogP contribution >= 0.6 is 0 Å². The Balaban J connectivity index is 1.93. The van der Waals surface area contributed by atoms with Gasteiger partial charge in [-0.05, 0) is 43.9 Å². The lowest BCUT2D eigenvalue weighted by molar-refractivity contribution is 0.0827. The predicted octanol–water partition coefficient (Wildman–Crippen LogP) is 3.58. The van der Waals surface area contributed by atoms with Gasteiger partial charge in [0.1, 0.15) is 6.54 Å². The van der Waals surface area contributed by atoms with E-state index in [0.29, 0.717) is 24.6 Å². The number of benzene rings is 1. The van der Waals surface area contributed by atoms with E-state index >= 15 is 0 Å². The minimum absolute atomic E-state index is 0.0134. The molecule has 0 atom stereocenters. The number of carbonyl (C=O) groups excluding carboxylic acids is 1. The van der Waals surface area contributed by atoms with Gasteiger partial charge < -0.3 is 20.1 Å². The number of hydrogen-bond acceptors (Lipinski definition) is 4. The van der Waals surface area contributed by atoms with Crippen molar-refractivity contribution in [2.24, 2.45) is 4.99 Å². The Morgan fingerprint density at radius 2 is 1.93 bits per heavy atom. The molecule has 0 spiro atoms. The number of aliphatic imine (C=N–C) groups is 1. The molecule has 0 aliphatic carbocycles. The smallest absolute Gasteiger partial charge is 0.253 e. The zero-order valence-electron chi connectivity index (χ0n) is 18.9. The van der Waals surface area contributed by atoms with Gasteiger partial charge in [-0.25, -0.2) is 4.99 Å². The van der Waals surface area contributed by atoms with Crippen molar-refractivity contribution in [3.05, 3.63) is 52.9 Å². The van der Waals surface area contributed by atoms with Crippen LogP contribution in [0.2, 0.25) is 0 Å². The van der Waals surface area contributed by atoms with Crippen LogP contribution in [0, 0.1) is 0 Å². The van der Waals surface area contributed by atoms with Gasteiger partial charge in [0.2, 0.25) is 0 Å². The molecule has 1 amide bonds. The van der Waals surface area contributed by atoms with E-state index < -0.39 is 0 Å². The van der Waals surface area contributed by atoms with Gasteiger partial charge in [0, 0.05) is 44.7 Å². The van der Waals surface area contributed by atoms with Gasteiger partial charge in [-0.2, -0.15) is 0 Å². The summed E-state index contributed by atoms with van der Waals surface area (Å²) in [5, 5.41) is 10.8. The largest absolute Gasteiger partial charge is 0.359 e. The summed E-state index contributed by atoms with van der Waals surface area (Å²) in [7, 11) is 3.52. The van der Waals surface area contributed by atoms with Crippen molar-refractivity contribution in [3.63, 3.8) is 0 Å². The molecule has 2 N–H and O–H groups in total. The third-order valence-corrected chi connectivity index (χ3v) is 5.00. The average Bonchev–Trinajstić information content (AvgIpc) is 3.21. The lowest BCUT2D eigenvalue weighted by atomic mass is 9.99. The molecule has 1 aromatic carbocycles. The van der Waals surface area contributed by atoms with Crippen molar-refractivity contribution in [3.8, 4) is 0 Å². The van der Waals surface area contributed by atoms with Crippen LogP contribution in [0.3, 0.4) is 0 Å². The minimum atomic E-state index is 0.0134. The van der Waals surface area contributed by atoms with Crippen LogP contribution in [0.4, 0.5) is 0 Å². The van der Waals surface area contributed by atoms with Crippen LogP contribution in [0.15, 0.2) is 39.8 Å². The second kappa shape index (κ2) is 12.0. The normalized spacial score (nSPS) is 11.6. The number of hydrogen-bond donors (Lipinski definition) is 2. The molecule has 7 nitrogen and oxygen atoms in total. The van der Waals surface area contributed by atoms with Gasteiger partial charge in [0.05, 0.1) is 5.69 Å². The standard InChI is InChI=1S/C23H35N5O2/c1-6-18(7-2)21-15-20(30-27-21)16-26-23(24-8-3)25-13-12-17-10-9-11-19(14-17)22(29)28(4)5/h9-11,14-15,18H,6-8,12-13,16H2,1-5H3,(H2,24,25,26). The van der Waals surface area contributed by atoms with E-state index in [0.717, 1.165) is 48.8 Å². The highest BCUT2D eigenvalue weighted by molar-refractivity contribution is 5.94. The Morgan fingerprint density at radius 3 is 2.60 bits per heavy atom. The average molecular weight is 414 g/mol. The van der Waals surface area contributed by atoms with Crippen molar-refractivity contribution in [1.82, 2.24) is 20.7 Å². The summed E-state index contributed by atoms with van der Waals surface area (Å²) in [5.74, 6) is 1.95. The van der Waals surface area contributed by atoms with Crippen LogP contribution < -0.4 is 10.6 Å². The Kier molecular flexibility index (Phi) is 9.38. The van der Waals surface area contributed by atoms with E-state index in [-0.39, 0.29) is 5.91 Å². The van der Waals surface area contributed by atoms with E-state index in [9.17, 15) is 4.79 Å². The Bertz CT molecular complexity index is 825. The zero-order chi connectivity index (χ0) is 21.9. The topological polar surface area (TPSA) is 82.8 Å². The fraction of sp³-hybridized carbons (Fsp3) is 0.522. The lowest BCUT2D eigenvalue weighted by Crippen LogP contribution is -2.38. The molecule has 30 heavy (non-hydrogen) atoms. The maximum Gasteiger partial charge on any atom is 0.253 e. The zero-order valence-corrected chi connectivity index (χ0v) is 18.9. The Hall–Kier alpha value is -2.83. The molecule has 0 saturated carbocycles. The molecular formula is C23H35N5O2. The summed E-state index contributed by atoms with van der Waals surface area (Å²) in [6.45, 7) is 8.29. The van der Waals surface area contributed by atoms with Crippen molar-refractivity contribution in [2.75, 3.05) is 27.2 Å². The highest BCUT2D eigenvalue weighted by Crippen LogP contribution is 2.22. The molecule has 0 aliphatic heterocycles. The molecule has 0 fully saturated rings. The minimum Gasteiger partial charge on any atom is -0.359 e. The third kappa shape index (κ3) is 6.90. The van der Waals surface area contributed by atoms with Gasteiger partial charge in [0.15, 0.2) is 11.7 Å². The van der Waals surface area contributed by atoms with Crippen LogP contribution in [0.25, 0.3) is 0 Å².